The Kier molecular flexibility index (Phi) is 6.64. The molecule has 0 amide bonds. The van der Waals surface area contributed by atoms with Gasteiger partial charge in [0.15, 0.2) is 0 Å². The highest BCUT2D eigenvalue weighted by Gasteiger charge is 2.03. The number of aliphatic hydroxyl groups is 1. The van der Waals surface area contributed by atoms with Gasteiger partial charge in [-0.1, -0.05) is 13.3 Å². The molecule has 1 aromatic heterocycles. The van der Waals surface area contributed by atoms with E-state index in [1.807, 2.05) is 0 Å². The summed E-state index contributed by atoms with van der Waals surface area (Å²) in [5.74, 6) is 0. The predicted octanol–water partition coefficient (Wildman–Crippen LogP) is 2.39. The molecule has 1 rings (SSSR count). The van der Waals surface area contributed by atoms with Crippen molar-refractivity contribution in [3.63, 3.8) is 0 Å². The van der Waals surface area contributed by atoms with Crippen LogP contribution in [0.15, 0.2) is 16.8 Å². The fraction of sp³-hybridized carbons (Fsp3) is 0.667. The van der Waals surface area contributed by atoms with E-state index in [2.05, 4.69) is 28.7 Å². The third-order valence-corrected chi connectivity index (χ3v) is 3.27. The Morgan fingerprint density at radius 2 is 2.20 bits per heavy atom. The van der Waals surface area contributed by atoms with Crippen LogP contribution in [-0.4, -0.2) is 36.2 Å². The quantitative estimate of drug-likeness (QED) is 0.737. The first-order chi connectivity index (χ1) is 7.36. The van der Waals surface area contributed by atoms with E-state index in [1.54, 1.807) is 11.3 Å². The molecule has 0 saturated carbocycles. The molecule has 0 spiro atoms. The van der Waals surface area contributed by atoms with Gasteiger partial charge >= 0.3 is 0 Å². The van der Waals surface area contributed by atoms with Crippen LogP contribution in [-0.2, 0) is 6.42 Å². The van der Waals surface area contributed by atoms with E-state index < -0.39 is 0 Å². The van der Waals surface area contributed by atoms with Gasteiger partial charge < -0.3 is 10.0 Å². The van der Waals surface area contributed by atoms with Crippen LogP contribution >= 0.6 is 11.3 Å². The number of aliphatic hydroxyl groups excluding tert-OH is 1. The normalized spacial score (nSPS) is 11.1. The molecule has 0 atom stereocenters. The highest BCUT2D eigenvalue weighted by atomic mass is 32.1. The first-order valence-electron chi connectivity index (χ1n) is 5.71. The molecule has 86 valence electrons. The van der Waals surface area contributed by atoms with E-state index >= 15 is 0 Å². The standard InChI is InChI=1S/C12H21NOS/c1-2-3-6-13(8-9-14)7-4-12-5-10-15-11-12/h5,10-11,14H,2-4,6-9H2,1H3. The maximum Gasteiger partial charge on any atom is 0.0558 e. The van der Waals surface area contributed by atoms with Crippen molar-refractivity contribution in [3.05, 3.63) is 22.4 Å². The van der Waals surface area contributed by atoms with Crippen LogP contribution in [0.1, 0.15) is 25.3 Å². The zero-order valence-corrected chi connectivity index (χ0v) is 10.3. The minimum absolute atomic E-state index is 0.271. The third kappa shape index (κ3) is 5.30. The molecule has 1 aromatic rings. The van der Waals surface area contributed by atoms with Crippen LogP contribution in [0, 0.1) is 0 Å². The van der Waals surface area contributed by atoms with E-state index in [1.165, 1.54) is 18.4 Å². The molecule has 1 N–H and O–H groups in total. The highest BCUT2D eigenvalue weighted by molar-refractivity contribution is 7.07. The number of nitrogens with zero attached hydrogens (tertiary/aromatic N) is 1. The minimum atomic E-state index is 0.271. The Morgan fingerprint density at radius 3 is 2.80 bits per heavy atom. The second-order valence-corrected chi connectivity index (χ2v) is 4.58. The Morgan fingerprint density at radius 1 is 1.33 bits per heavy atom. The van der Waals surface area contributed by atoms with E-state index in [-0.39, 0.29) is 6.61 Å². The van der Waals surface area contributed by atoms with Crippen LogP contribution in [0.3, 0.4) is 0 Å². The number of unbranched alkanes of at least 4 members (excludes halogenated alkanes) is 1. The number of hydrogen-bond donors (Lipinski definition) is 1. The summed E-state index contributed by atoms with van der Waals surface area (Å²) in [6.45, 7) is 5.46. The van der Waals surface area contributed by atoms with Gasteiger partial charge in [-0.05, 0) is 41.8 Å². The molecule has 0 radical (unpaired) electrons. The molecular weight excluding hydrogens is 206 g/mol. The monoisotopic (exact) mass is 227 g/mol. The summed E-state index contributed by atoms with van der Waals surface area (Å²) < 4.78 is 0. The Bertz CT molecular complexity index is 236. The molecule has 1 heterocycles. The van der Waals surface area contributed by atoms with Gasteiger partial charge in [0.1, 0.15) is 0 Å². The summed E-state index contributed by atoms with van der Waals surface area (Å²) in [5.41, 5.74) is 1.42. The summed E-state index contributed by atoms with van der Waals surface area (Å²) in [6, 6.07) is 2.18. The lowest BCUT2D eigenvalue weighted by atomic mass is 10.2. The molecule has 15 heavy (non-hydrogen) atoms. The van der Waals surface area contributed by atoms with Gasteiger partial charge in [0.25, 0.3) is 0 Å². The van der Waals surface area contributed by atoms with Gasteiger partial charge in [0.2, 0.25) is 0 Å². The molecule has 0 unspecified atom stereocenters. The first-order valence-corrected chi connectivity index (χ1v) is 6.65. The second kappa shape index (κ2) is 7.85. The fourth-order valence-electron chi connectivity index (χ4n) is 1.58. The lowest BCUT2D eigenvalue weighted by Crippen LogP contribution is -2.30. The van der Waals surface area contributed by atoms with Gasteiger partial charge in [0, 0.05) is 13.1 Å². The summed E-state index contributed by atoms with van der Waals surface area (Å²) in [6.07, 6.45) is 3.55. The summed E-state index contributed by atoms with van der Waals surface area (Å²) >= 11 is 1.75. The van der Waals surface area contributed by atoms with E-state index in [9.17, 15) is 0 Å². The topological polar surface area (TPSA) is 23.5 Å². The van der Waals surface area contributed by atoms with Gasteiger partial charge in [0.05, 0.1) is 6.61 Å². The van der Waals surface area contributed by atoms with Crippen LogP contribution in [0.5, 0.6) is 0 Å². The molecule has 0 aliphatic rings. The molecule has 2 nitrogen and oxygen atoms in total. The maximum atomic E-state index is 8.95. The zero-order chi connectivity index (χ0) is 10.9. The molecule has 0 bridgehead atoms. The van der Waals surface area contributed by atoms with Gasteiger partial charge in [-0.15, -0.1) is 0 Å². The fourth-order valence-corrected chi connectivity index (χ4v) is 2.28. The Labute approximate surface area is 96.5 Å². The van der Waals surface area contributed by atoms with Gasteiger partial charge in [-0.3, -0.25) is 0 Å². The van der Waals surface area contributed by atoms with Gasteiger partial charge in [-0.2, -0.15) is 11.3 Å². The summed E-state index contributed by atoms with van der Waals surface area (Å²) in [7, 11) is 0. The summed E-state index contributed by atoms with van der Waals surface area (Å²) in [5, 5.41) is 13.3. The molecule has 0 aromatic carbocycles. The lowest BCUT2D eigenvalue weighted by molar-refractivity contribution is 0.195. The molecule has 0 aliphatic heterocycles. The van der Waals surface area contributed by atoms with Crippen molar-refractivity contribution >= 4 is 11.3 Å². The predicted molar refractivity (Wildman–Crippen MR) is 66.5 cm³/mol. The van der Waals surface area contributed by atoms with Crippen molar-refractivity contribution in [2.45, 2.75) is 26.2 Å². The van der Waals surface area contributed by atoms with Crippen LogP contribution in [0.4, 0.5) is 0 Å². The van der Waals surface area contributed by atoms with Crippen LogP contribution in [0.2, 0.25) is 0 Å². The van der Waals surface area contributed by atoms with E-state index in [0.29, 0.717) is 0 Å². The number of hydrogen-bond acceptors (Lipinski definition) is 3. The third-order valence-electron chi connectivity index (χ3n) is 2.54. The largest absolute Gasteiger partial charge is 0.395 e. The van der Waals surface area contributed by atoms with Crippen molar-refractivity contribution < 1.29 is 5.11 Å². The second-order valence-electron chi connectivity index (χ2n) is 3.80. The highest BCUT2D eigenvalue weighted by Crippen LogP contribution is 2.07. The molecule has 0 aliphatic carbocycles. The van der Waals surface area contributed by atoms with Crippen molar-refractivity contribution in [1.82, 2.24) is 4.90 Å². The summed E-state index contributed by atoms with van der Waals surface area (Å²) in [4.78, 5) is 2.35. The van der Waals surface area contributed by atoms with Crippen molar-refractivity contribution in [2.75, 3.05) is 26.2 Å². The van der Waals surface area contributed by atoms with Crippen LogP contribution < -0.4 is 0 Å². The maximum absolute atomic E-state index is 8.95. The van der Waals surface area contributed by atoms with Crippen molar-refractivity contribution in [1.29, 1.82) is 0 Å². The Hall–Kier alpha value is -0.380. The minimum Gasteiger partial charge on any atom is -0.395 e. The van der Waals surface area contributed by atoms with Crippen molar-refractivity contribution in [3.8, 4) is 0 Å². The average Bonchev–Trinajstić information content (AvgIpc) is 2.75. The molecule has 0 fully saturated rings. The smallest absolute Gasteiger partial charge is 0.0558 e. The SMILES string of the molecule is CCCCN(CCO)CCc1ccsc1. The van der Waals surface area contributed by atoms with Crippen molar-refractivity contribution in [2.24, 2.45) is 0 Å². The average molecular weight is 227 g/mol. The lowest BCUT2D eigenvalue weighted by Gasteiger charge is -2.20. The van der Waals surface area contributed by atoms with Crippen LogP contribution in [0.25, 0.3) is 0 Å². The Balaban J connectivity index is 2.24. The zero-order valence-electron chi connectivity index (χ0n) is 9.48. The van der Waals surface area contributed by atoms with Gasteiger partial charge in [-0.25, -0.2) is 0 Å². The number of rotatable bonds is 8. The van der Waals surface area contributed by atoms with E-state index in [0.717, 1.165) is 26.1 Å². The van der Waals surface area contributed by atoms with E-state index in [4.69, 9.17) is 5.11 Å². The first kappa shape index (κ1) is 12.7. The molecule has 3 heteroatoms. The number of thiophene rings is 1. The molecule has 0 saturated heterocycles. The molecular formula is C12H21NOS.